The third-order valence-corrected chi connectivity index (χ3v) is 7.19. The molecule has 0 radical (unpaired) electrons. The number of nitrogens with zero attached hydrogens (tertiary/aromatic N) is 4. The standard InChI is InChI=1S/C25H32N6O/c1-15-7-8-16(2)31(15)13-4-6-19-17(3)28-21(22(19)18-9-10-18)14-20-23(29-30-25(20)32)24-26-11-5-12-27-24/h5,11-12,14-16,18,28H,4,6-10,13H2,1-3H3,(H,30,32)/b20-14+. The molecule has 7 nitrogen and oxygen atoms in total. The van der Waals surface area contributed by atoms with Crippen LogP contribution < -0.4 is 5.43 Å². The van der Waals surface area contributed by atoms with E-state index in [1.807, 2.05) is 6.08 Å². The van der Waals surface area contributed by atoms with Crippen LogP contribution in [0.2, 0.25) is 0 Å². The van der Waals surface area contributed by atoms with Crippen LogP contribution in [0.4, 0.5) is 0 Å². The molecule has 7 heteroatoms. The Morgan fingerprint density at radius 2 is 1.84 bits per heavy atom. The van der Waals surface area contributed by atoms with Gasteiger partial charge in [-0.1, -0.05) is 0 Å². The predicted octanol–water partition coefficient (Wildman–Crippen LogP) is 3.71. The van der Waals surface area contributed by atoms with Gasteiger partial charge in [-0.25, -0.2) is 15.4 Å². The van der Waals surface area contributed by atoms with E-state index in [0.29, 0.717) is 35.1 Å². The summed E-state index contributed by atoms with van der Waals surface area (Å²) in [4.78, 5) is 27.4. The van der Waals surface area contributed by atoms with Gasteiger partial charge in [0, 0.05) is 35.9 Å². The first-order chi connectivity index (χ1) is 15.5. The molecular formula is C25H32N6O. The average molecular weight is 433 g/mol. The highest BCUT2D eigenvalue weighted by Gasteiger charge is 2.33. The summed E-state index contributed by atoms with van der Waals surface area (Å²) in [7, 11) is 0. The molecular weight excluding hydrogens is 400 g/mol. The number of rotatable bonds is 7. The molecule has 3 aliphatic rings. The van der Waals surface area contributed by atoms with Gasteiger partial charge in [0.2, 0.25) is 0 Å². The van der Waals surface area contributed by atoms with E-state index in [9.17, 15) is 4.79 Å². The van der Waals surface area contributed by atoms with Crippen molar-refractivity contribution in [3.63, 3.8) is 0 Å². The summed E-state index contributed by atoms with van der Waals surface area (Å²) in [6.45, 7) is 8.02. The highest BCUT2D eigenvalue weighted by Crippen LogP contribution is 2.45. The second-order valence-electron chi connectivity index (χ2n) is 9.48. The van der Waals surface area contributed by atoms with Gasteiger partial charge in [0.05, 0.1) is 5.57 Å². The molecule has 2 aliphatic heterocycles. The minimum absolute atomic E-state index is 0.208. The van der Waals surface area contributed by atoms with Crippen molar-refractivity contribution in [2.45, 2.75) is 77.3 Å². The quantitative estimate of drug-likeness (QED) is 0.653. The molecule has 1 saturated heterocycles. The maximum absolute atomic E-state index is 12.6. The number of aromatic amines is 1. The maximum atomic E-state index is 12.6. The van der Waals surface area contributed by atoms with E-state index < -0.39 is 0 Å². The summed E-state index contributed by atoms with van der Waals surface area (Å²) in [5.41, 5.74) is 8.69. The molecule has 2 fully saturated rings. The van der Waals surface area contributed by atoms with E-state index in [1.54, 1.807) is 18.5 Å². The van der Waals surface area contributed by atoms with Crippen LogP contribution in [0.25, 0.3) is 6.08 Å². The highest BCUT2D eigenvalue weighted by molar-refractivity contribution is 6.32. The minimum atomic E-state index is -0.208. The number of likely N-dealkylation sites (tertiary alicyclic amines) is 1. The van der Waals surface area contributed by atoms with Crippen LogP contribution in [-0.4, -0.2) is 50.1 Å². The zero-order valence-electron chi connectivity index (χ0n) is 19.2. The van der Waals surface area contributed by atoms with Crippen molar-refractivity contribution >= 4 is 17.7 Å². The van der Waals surface area contributed by atoms with Crippen LogP contribution in [0, 0.1) is 6.92 Å². The van der Waals surface area contributed by atoms with Gasteiger partial charge in [-0.15, -0.1) is 0 Å². The number of hydrazone groups is 1. The SMILES string of the molecule is Cc1[nH]c(/C=C2/C(=O)NN=C2c2ncccn2)c(C2CC2)c1CCCN1C(C)CCC1C. The summed E-state index contributed by atoms with van der Waals surface area (Å²) in [6, 6.07) is 3.14. The van der Waals surface area contributed by atoms with E-state index in [1.165, 1.54) is 42.5 Å². The summed E-state index contributed by atoms with van der Waals surface area (Å²) in [5.74, 6) is 0.840. The Morgan fingerprint density at radius 1 is 1.12 bits per heavy atom. The lowest BCUT2D eigenvalue weighted by molar-refractivity contribution is -0.116. The van der Waals surface area contributed by atoms with Gasteiger partial charge in [-0.3, -0.25) is 9.69 Å². The van der Waals surface area contributed by atoms with Crippen molar-refractivity contribution in [3.05, 3.63) is 52.4 Å². The third-order valence-electron chi connectivity index (χ3n) is 7.19. The van der Waals surface area contributed by atoms with E-state index in [4.69, 9.17) is 0 Å². The zero-order chi connectivity index (χ0) is 22.2. The molecule has 168 valence electrons. The van der Waals surface area contributed by atoms with Crippen molar-refractivity contribution in [3.8, 4) is 0 Å². The second kappa shape index (κ2) is 8.62. The summed E-state index contributed by atoms with van der Waals surface area (Å²) in [5, 5.41) is 4.20. The number of H-pyrrole nitrogens is 1. The van der Waals surface area contributed by atoms with Crippen molar-refractivity contribution in [1.82, 2.24) is 25.3 Å². The topological polar surface area (TPSA) is 86.3 Å². The van der Waals surface area contributed by atoms with Gasteiger partial charge in [-0.05, 0) is 95.0 Å². The molecule has 2 aromatic rings. The Morgan fingerprint density at radius 3 is 2.53 bits per heavy atom. The van der Waals surface area contributed by atoms with Gasteiger partial charge in [0.15, 0.2) is 5.82 Å². The number of carbonyl (C=O) groups is 1. The van der Waals surface area contributed by atoms with Crippen molar-refractivity contribution in [2.24, 2.45) is 5.10 Å². The molecule has 4 heterocycles. The third kappa shape index (κ3) is 4.01. The molecule has 2 N–H and O–H groups in total. The molecule has 32 heavy (non-hydrogen) atoms. The second-order valence-corrected chi connectivity index (χ2v) is 9.48. The fourth-order valence-corrected chi connectivity index (χ4v) is 5.32. The van der Waals surface area contributed by atoms with Crippen LogP contribution in [0.1, 0.15) is 80.2 Å². The summed E-state index contributed by atoms with van der Waals surface area (Å²) < 4.78 is 0. The maximum Gasteiger partial charge on any atom is 0.273 e. The molecule has 0 spiro atoms. The van der Waals surface area contributed by atoms with Crippen LogP contribution in [0.15, 0.2) is 29.1 Å². The zero-order valence-corrected chi connectivity index (χ0v) is 19.2. The molecule has 1 aliphatic carbocycles. The molecule has 2 atom stereocenters. The fraction of sp³-hybridized carbons (Fsp3) is 0.520. The smallest absolute Gasteiger partial charge is 0.273 e. The number of carbonyl (C=O) groups excluding carboxylic acids is 1. The van der Waals surface area contributed by atoms with E-state index >= 15 is 0 Å². The van der Waals surface area contributed by atoms with Crippen molar-refractivity contribution < 1.29 is 4.79 Å². The van der Waals surface area contributed by atoms with E-state index in [0.717, 1.165) is 25.1 Å². The van der Waals surface area contributed by atoms with Crippen LogP contribution >= 0.6 is 0 Å². The number of aryl methyl sites for hydroxylation is 1. The minimum Gasteiger partial charge on any atom is -0.359 e. The lowest BCUT2D eigenvalue weighted by atomic mass is 9.98. The number of hydrogen-bond donors (Lipinski definition) is 2. The Labute approximate surface area is 189 Å². The van der Waals surface area contributed by atoms with Crippen molar-refractivity contribution in [1.29, 1.82) is 0 Å². The van der Waals surface area contributed by atoms with Crippen molar-refractivity contribution in [2.75, 3.05) is 6.54 Å². The number of hydrogen-bond acceptors (Lipinski definition) is 5. The molecule has 1 saturated carbocycles. The molecule has 0 aromatic carbocycles. The largest absolute Gasteiger partial charge is 0.359 e. The predicted molar refractivity (Wildman–Crippen MR) is 125 cm³/mol. The lowest BCUT2D eigenvalue weighted by Gasteiger charge is -2.25. The Balaban J connectivity index is 1.40. The number of amides is 1. The first kappa shape index (κ1) is 21.1. The van der Waals surface area contributed by atoms with Gasteiger partial charge >= 0.3 is 0 Å². The summed E-state index contributed by atoms with van der Waals surface area (Å²) in [6.07, 6.45) is 12.6. The Kier molecular flexibility index (Phi) is 5.67. The van der Waals surface area contributed by atoms with Gasteiger partial charge < -0.3 is 4.98 Å². The average Bonchev–Trinajstić information content (AvgIpc) is 3.40. The van der Waals surface area contributed by atoms with Gasteiger partial charge in [-0.2, -0.15) is 5.10 Å². The first-order valence-electron chi connectivity index (χ1n) is 11.9. The van der Waals surface area contributed by atoms with Gasteiger partial charge in [0.25, 0.3) is 5.91 Å². The fourth-order valence-electron chi connectivity index (χ4n) is 5.32. The van der Waals surface area contributed by atoms with E-state index in [-0.39, 0.29) is 5.91 Å². The Hall–Kier alpha value is -2.80. The van der Waals surface area contributed by atoms with Crippen LogP contribution in [0.5, 0.6) is 0 Å². The molecule has 0 bridgehead atoms. The van der Waals surface area contributed by atoms with Crippen LogP contribution in [0.3, 0.4) is 0 Å². The number of aromatic nitrogens is 3. The summed E-state index contributed by atoms with van der Waals surface area (Å²) >= 11 is 0. The number of nitrogens with one attached hydrogen (secondary N) is 2. The first-order valence-corrected chi connectivity index (χ1v) is 11.9. The normalized spacial score (nSPS) is 24.9. The molecule has 2 aromatic heterocycles. The van der Waals surface area contributed by atoms with Crippen LogP contribution in [-0.2, 0) is 11.2 Å². The molecule has 5 rings (SSSR count). The Bertz CT molecular complexity index is 1060. The lowest BCUT2D eigenvalue weighted by Crippen LogP contribution is -2.33. The highest BCUT2D eigenvalue weighted by atomic mass is 16.2. The molecule has 1 amide bonds. The molecule has 2 unspecified atom stereocenters. The van der Waals surface area contributed by atoms with Gasteiger partial charge in [0.1, 0.15) is 5.71 Å². The van der Waals surface area contributed by atoms with E-state index in [2.05, 4.69) is 51.2 Å². The monoisotopic (exact) mass is 432 g/mol.